The molecule has 172 valence electrons. The van der Waals surface area contributed by atoms with Gasteiger partial charge >= 0.3 is 0 Å². The quantitative estimate of drug-likeness (QED) is 0.646. The lowest BCUT2D eigenvalue weighted by Gasteiger charge is -2.33. The van der Waals surface area contributed by atoms with Gasteiger partial charge in [-0.05, 0) is 67.5 Å². The van der Waals surface area contributed by atoms with Crippen molar-refractivity contribution in [2.24, 2.45) is 0 Å². The van der Waals surface area contributed by atoms with Gasteiger partial charge in [-0.15, -0.1) is 0 Å². The molecular weight excluding hydrogens is 455 g/mol. The van der Waals surface area contributed by atoms with Crippen LogP contribution in [0.3, 0.4) is 0 Å². The van der Waals surface area contributed by atoms with Crippen LogP contribution in [-0.2, 0) is 16.6 Å². The molecule has 1 saturated carbocycles. The second-order valence-electron chi connectivity index (χ2n) is 8.59. The second-order valence-corrected chi connectivity index (χ2v) is 10.8. The van der Waals surface area contributed by atoms with Gasteiger partial charge in [0, 0.05) is 24.2 Å². The van der Waals surface area contributed by atoms with E-state index in [1.807, 2.05) is 29.0 Å². The Hall–Kier alpha value is -2.16. The van der Waals surface area contributed by atoms with Gasteiger partial charge in [0.1, 0.15) is 17.7 Å². The summed E-state index contributed by atoms with van der Waals surface area (Å²) in [5.74, 6) is -1.13. The van der Waals surface area contributed by atoms with Crippen molar-refractivity contribution in [1.29, 1.82) is 0 Å². The van der Waals surface area contributed by atoms with E-state index in [-0.39, 0.29) is 17.6 Å². The molecule has 1 amide bonds. The van der Waals surface area contributed by atoms with E-state index in [2.05, 4.69) is 4.90 Å². The van der Waals surface area contributed by atoms with Gasteiger partial charge in [-0.25, -0.2) is 17.5 Å². The number of amides is 1. The molecule has 32 heavy (non-hydrogen) atoms. The van der Waals surface area contributed by atoms with Crippen LogP contribution in [0.5, 0.6) is 5.75 Å². The van der Waals surface area contributed by atoms with Crippen LogP contribution in [-0.4, -0.2) is 44.7 Å². The molecule has 0 bridgehead atoms. The van der Waals surface area contributed by atoms with E-state index < -0.39 is 21.7 Å². The Morgan fingerprint density at radius 2 is 2.03 bits per heavy atom. The van der Waals surface area contributed by atoms with Gasteiger partial charge in [0.15, 0.2) is 0 Å². The number of benzene rings is 2. The molecule has 0 spiro atoms. The van der Waals surface area contributed by atoms with Crippen LogP contribution in [0.2, 0.25) is 5.02 Å². The number of nitrogens with zero attached hydrogens (tertiary/aromatic N) is 1. The molecule has 2 aromatic rings. The number of sulfonamides is 1. The lowest BCUT2D eigenvalue weighted by Crippen LogP contribution is -2.40. The summed E-state index contributed by atoms with van der Waals surface area (Å²) in [5.41, 5.74) is 1.61. The van der Waals surface area contributed by atoms with E-state index in [1.165, 1.54) is 12.1 Å². The summed E-state index contributed by atoms with van der Waals surface area (Å²) in [6, 6.07) is 10.4. The fourth-order valence-electron chi connectivity index (χ4n) is 4.11. The summed E-state index contributed by atoms with van der Waals surface area (Å²) in [6.07, 6.45) is 4.44. The number of piperidine rings is 1. The second kappa shape index (κ2) is 9.37. The SMILES string of the molecule is CS(=O)(=O)NC(=O)c1cc(C2CC2)c(OC2CCCN(Cc3cccc(Cl)c3)C2)cc1F. The van der Waals surface area contributed by atoms with Crippen LogP contribution in [0.4, 0.5) is 4.39 Å². The third kappa shape index (κ3) is 5.99. The molecule has 9 heteroatoms. The normalized spacial score (nSPS) is 19.5. The fourth-order valence-corrected chi connectivity index (χ4v) is 4.77. The van der Waals surface area contributed by atoms with Crippen molar-refractivity contribution in [2.75, 3.05) is 19.3 Å². The Morgan fingerprint density at radius 3 is 2.72 bits per heavy atom. The number of ether oxygens (including phenoxy) is 1. The molecule has 1 aliphatic heterocycles. The maximum absolute atomic E-state index is 14.7. The zero-order valence-corrected chi connectivity index (χ0v) is 19.4. The van der Waals surface area contributed by atoms with E-state index in [4.69, 9.17) is 16.3 Å². The predicted octanol–water partition coefficient (Wildman–Crippen LogP) is 4.09. The van der Waals surface area contributed by atoms with Crippen LogP contribution in [0.25, 0.3) is 0 Å². The van der Waals surface area contributed by atoms with E-state index in [0.29, 0.717) is 17.3 Å². The highest BCUT2D eigenvalue weighted by Gasteiger charge is 2.31. The van der Waals surface area contributed by atoms with E-state index in [9.17, 15) is 17.6 Å². The van der Waals surface area contributed by atoms with Crippen LogP contribution in [0, 0.1) is 5.82 Å². The van der Waals surface area contributed by atoms with Gasteiger partial charge in [0.05, 0.1) is 11.8 Å². The maximum Gasteiger partial charge on any atom is 0.267 e. The molecule has 1 unspecified atom stereocenters. The predicted molar refractivity (Wildman–Crippen MR) is 121 cm³/mol. The molecule has 2 aliphatic rings. The minimum absolute atomic E-state index is 0.101. The van der Waals surface area contributed by atoms with Gasteiger partial charge in [-0.3, -0.25) is 9.69 Å². The highest BCUT2D eigenvalue weighted by molar-refractivity contribution is 7.89. The van der Waals surface area contributed by atoms with Crippen molar-refractivity contribution < 1.29 is 22.3 Å². The molecule has 2 aromatic carbocycles. The molecule has 6 nitrogen and oxygen atoms in total. The van der Waals surface area contributed by atoms with E-state index >= 15 is 0 Å². The maximum atomic E-state index is 14.7. The van der Waals surface area contributed by atoms with Crippen molar-refractivity contribution >= 4 is 27.5 Å². The molecular formula is C23H26ClFN2O4S. The molecule has 4 rings (SSSR count). The topological polar surface area (TPSA) is 75.7 Å². The largest absolute Gasteiger partial charge is 0.489 e. The van der Waals surface area contributed by atoms with Crippen LogP contribution in [0.1, 0.15) is 53.1 Å². The first-order chi connectivity index (χ1) is 15.2. The Morgan fingerprint density at radius 1 is 1.25 bits per heavy atom. The van der Waals surface area contributed by atoms with E-state index in [0.717, 1.165) is 56.2 Å². The monoisotopic (exact) mass is 480 g/mol. The molecule has 1 N–H and O–H groups in total. The Kier molecular flexibility index (Phi) is 6.74. The summed E-state index contributed by atoms with van der Waals surface area (Å²) < 4.78 is 45.6. The zero-order chi connectivity index (χ0) is 22.9. The van der Waals surface area contributed by atoms with E-state index in [1.54, 1.807) is 0 Å². The Bertz CT molecular complexity index is 1120. The molecule has 0 radical (unpaired) electrons. The summed E-state index contributed by atoms with van der Waals surface area (Å²) >= 11 is 6.10. The molecule has 0 aromatic heterocycles. The molecule has 2 fully saturated rings. The van der Waals surface area contributed by atoms with Gasteiger partial charge < -0.3 is 4.74 Å². The summed E-state index contributed by atoms with van der Waals surface area (Å²) in [5, 5.41) is 0.705. The number of hydrogen-bond acceptors (Lipinski definition) is 5. The first-order valence-corrected chi connectivity index (χ1v) is 12.9. The fraction of sp³-hybridized carbons (Fsp3) is 0.435. The summed E-state index contributed by atoms with van der Waals surface area (Å²) in [6.45, 7) is 2.41. The van der Waals surface area contributed by atoms with Crippen LogP contribution in [0.15, 0.2) is 36.4 Å². The van der Waals surface area contributed by atoms with Crippen molar-refractivity contribution in [1.82, 2.24) is 9.62 Å². The van der Waals surface area contributed by atoms with Crippen molar-refractivity contribution in [2.45, 2.75) is 44.2 Å². The number of rotatable bonds is 7. The number of hydrogen-bond donors (Lipinski definition) is 1. The average Bonchev–Trinajstić information content (AvgIpc) is 3.52. The number of halogens is 2. The van der Waals surface area contributed by atoms with Gasteiger partial charge in [0.2, 0.25) is 10.0 Å². The lowest BCUT2D eigenvalue weighted by molar-refractivity contribution is 0.0832. The first-order valence-electron chi connectivity index (χ1n) is 10.7. The standard InChI is InChI=1S/C23H26ClFN2O4S/c1-32(29,30)26-23(28)20-11-19(16-7-8-16)22(12-21(20)25)31-18-6-3-9-27(14-18)13-15-4-2-5-17(24)10-15/h2,4-5,10-12,16,18H,3,6-9,13-14H2,1H3,(H,26,28). The Labute approximate surface area is 192 Å². The molecule has 1 atom stereocenters. The van der Waals surface area contributed by atoms with Crippen molar-refractivity contribution in [3.8, 4) is 5.75 Å². The minimum atomic E-state index is -3.78. The molecule has 1 saturated heterocycles. The third-order valence-electron chi connectivity index (χ3n) is 5.69. The van der Waals surface area contributed by atoms with Crippen molar-refractivity contribution in [3.05, 3.63) is 63.9 Å². The average molecular weight is 481 g/mol. The number of carbonyl (C=O) groups is 1. The highest BCUT2D eigenvalue weighted by Crippen LogP contribution is 2.45. The third-order valence-corrected chi connectivity index (χ3v) is 6.48. The number of likely N-dealkylation sites (tertiary alicyclic amines) is 1. The van der Waals surface area contributed by atoms with Crippen LogP contribution >= 0.6 is 11.6 Å². The Balaban J connectivity index is 1.49. The van der Waals surface area contributed by atoms with Gasteiger partial charge in [-0.2, -0.15) is 0 Å². The zero-order valence-electron chi connectivity index (χ0n) is 17.8. The molecule has 1 heterocycles. The summed E-state index contributed by atoms with van der Waals surface area (Å²) in [4.78, 5) is 14.5. The van der Waals surface area contributed by atoms with Gasteiger partial charge in [0.25, 0.3) is 5.91 Å². The number of nitrogens with one attached hydrogen (secondary N) is 1. The minimum Gasteiger partial charge on any atom is -0.489 e. The lowest BCUT2D eigenvalue weighted by atomic mass is 10.0. The molecule has 1 aliphatic carbocycles. The summed E-state index contributed by atoms with van der Waals surface area (Å²) in [7, 11) is -3.78. The number of carbonyl (C=O) groups excluding carboxylic acids is 1. The highest BCUT2D eigenvalue weighted by atomic mass is 35.5. The smallest absolute Gasteiger partial charge is 0.267 e. The van der Waals surface area contributed by atoms with Crippen LogP contribution < -0.4 is 9.46 Å². The van der Waals surface area contributed by atoms with Gasteiger partial charge in [-0.1, -0.05) is 23.7 Å². The first kappa shape index (κ1) is 23.0. The van der Waals surface area contributed by atoms with Crippen molar-refractivity contribution in [3.63, 3.8) is 0 Å².